The van der Waals surface area contributed by atoms with Crippen LogP contribution in [-0.4, -0.2) is 18.1 Å². The van der Waals surface area contributed by atoms with Crippen LogP contribution >= 0.6 is 12.2 Å². The van der Waals surface area contributed by atoms with Gasteiger partial charge in [-0.15, -0.1) is 0 Å². The molecule has 17 heavy (non-hydrogen) atoms. The van der Waals surface area contributed by atoms with E-state index in [0.29, 0.717) is 4.71 Å². The summed E-state index contributed by atoms with van der Waals surface area (Å²) in [5, 5.41) is 0. The van der Waals surface area contributed by atoms with Gasteiger partial charge in [0.05, 0.1) is 5.69 Å². The molecule has 0 N–H and O–H groups in total. The number of aromatic nitrogens is 1. The monoisotopic (exact) mass is 248 g/mol. The van der Waals surface area contributed by atoms with Gasteiger partial charge in [-0.3, -0.25) is 0 Å². The molecule has 0 saturated carbocycles. The first-order valence-electron chi connectivity index (χ1n) is 5.82. The van der Waals surface area contributed by atoms with Gasteiger partial charge in [0.1, 0.15) is 5.52 Å². The summed E-state index contributed by atoms with van der Waals surface area (Å²) in [6, 6.07) is 6.05. The van der Waals surface area contributed by atoms with E-state index in [0.717, 1.165) is 35.6 Å². The van der Waals surface area contributed by atoms with Gasteiger partial charge in [0.2, 0.25) is 4.71 Å². The van der Waals surface area contributed by atoms with Crippen molar-refractivity contribution in [3.05, 3.63) is 28.6 Å². The van der Waals surface area contributed by atoms with Gasteiger partial charge in [-0.05, 0) is 45.1 Å². The summed E-state index contributed by atoms with van der Waals surface area (Å²) in [4.78, 5) is 6.67. The Morgan fingerprint density at radius 3 is 2.65 bits per heavy atom. The van der Waals surface area contributed by atoms with E-state index in [-0.39, 0.29) is 0 Å². The van der Waals surface area contributed by atoms with Crippen LogP contribution in [-0.2, 0) is 0 Å². The summed E-state index contributed by atoms with van der Waals surface area (Å²) in [6.45, 7) is 8.08. The molecule has 2 rings (SSSR count). The Hall–Kier alpha value is -1.42. The minimum absolute atomic E-state index is 0.467. The fraction of sp³-hybridized carbons (Fsp3) is 0.385. The molecule has 1 aromatic carbocycles. The SMILES string of the molecule is CCN(CC)c1ccc2nc(C)c(=S)oc2c1. The van der Waals surface area contributed by atoms with Crippen LogP contribution < -0.4 is 4.90 Å². The first-order valence-corrected chi connectivity index (χ1v) is 6.23. The molecular weight excluding hydrogens is 232 g/mol. The van der Waals surface area contributed by atoms with Crippen molar-refractivity contribution in [1.82, 2.24) is 4.98 Å². The number of benzene rings is 1. The second kappa shape index (κ2) is 4.84. The van der Waals surface area contributed by atoms with Gasteiger partial charge in [0, 0.05) is 24.8 Å². The first-order chi connectivity index (χ1) is 8.15. The maximum atomic E-state index is 5.60. The minimum atomic E-state index is 0.467. The Morgan fingerprint density at radius 1 is 1.29 bits per heavy atom. The van der Waals surface area contributed by atoms with E-state index in [2.05, 4.69) is 29.8 Å². The molecular formula is C13H16N2OS. The number of anilines is 1. The molecule has 0 fully saturated rings. The molecule has 0 amide bonds. The highest BCUT2D eigenvalue weighted by atomic mass is 32.1. The quantitative estimate of drug-likeness (QED) is 0.774. The molecule has 0 aliphatic rings. The van der Waals surface area contributed by atoms with Gasteiger partial charge in [-0.25, -0.2) is 4.98 Å². The molecule has 1 aromatic heterocycles. The molecule has 2 aromatic rings. The zero-order valence-corrected chi connectivity index (χ0v) is 11.2. The predicted molar refractivity (Wildman–Crippen MR) is 73.1 cm³/mol. The molecule has 0 atom stereocenters. The number of hydrogen-bond acceptors (Lipinski definition) is 4. The van der Waals surface area contributed by atoms with Crippen molar-refractivity contribution in [1.29, 1.82) is 0 Å². The lowest BCUT2D eigenvalue weighted by Gasteiger charge is -2.20. The number of rotatable bonds is 3. The Bertz CT molecular complexity index is 587. The fourth-order valence-corrected chi connectivity index (χ4v) is 2.00. The van der Waals surface area contributed by atoms with Crippen LogP contribution in [0, 0.1) is 11.6 Å². The lowest BCUT2D eigenvalue weighted by Crippen LogP contribution is -2.21. The summed E-state index contributed by atoms with van der Waals surface area (Å²) in [7, 11) is 0. The van der Waals surface area contributed by atoms with E-state index < -0.39 is 0 Å². The number of hydrogen-bond donors (Lipinski definition) is 0. The molecule has 0 spiro atoms. The topological polar surface area (TPSA) is 29.3 Å². The molecule has 0 radical (unpaired) electrons. The van der Waals surface area contributed by atoms with E-state index >= 15 is 0 Å². The van der Waals surface area contributed by atoms with Crippen molar-refractivity contribution in [2.24, 2.45) is 0 Å². The van der Waals surface area contributed by atoms with E-state index in [1.807, 2.05) is 19.1 Å². The van der Waals surface area contributed by atoms with Crippen LogP contribution in [0.3, 0.4) is 0 Å². The maximum Gasteiger partial charge on any atom is 0.212 e. The lowest BCUT2D eigenvalue weighted by molar-refractivity contribution is 0.573. The molecule has 4 heteroatoms. The minimum Gasteiger partial charge on any atom is -0.442 e. The van der Waals surface area contributed by atoms with E-state index in [4.69, 9.17) is 16.6 Å². The molecule has 0 aliphatic carbocycles. The average molecular weight is 248 g/mol. The first kappa shape index (κ1) is 12.0. The summed E-state index contributed by atoms with van der Waals surface area (Å²) >= 11 is 5.10. The molecule has 0 aliphatic heterocycles. The second-order valence-electron chi connectivity index (χ2n) is 3.91. The predicted octanol–water partition coefficient (Wildman–Crippen LogP) is 3.71. The molecule has 0 bridgehead atoms. The third kappa shape index (κ3) is 2.31. The third-order valence-electron chi connectivity index (χ3n) is 2.86. The third-order valence-corrected chi connectivity index (χ3v) is 3.24. The van der Waals surface area contributed by atoms with E-state index in [1.165, 1.54) is 0 Å². The fourth-order valence-electron chi connectivity index (χ4n) is 1.86. The van der Waals surface area contributed by atoms with Gasteiger partial charge in [-0.1, -0.05) is 0 Å². The van der Waals surface area contributed by atoms with Gasteiger partial charge in [0.15, 0.2) is 5.58 Å². The van der Waals surface area contributed by atoms with Crippen LogP contribution in [0.25, 0.3) is 11.1 Å². The zero-order chi connectivity index (χ0) is 12.4. The highest BCUT2D eigenvalue weighted by Crippen LogP contribution is 2.21. The second-order valence-corrected chi connectivity index (χ2v) is 4.28. The normalized spacial score (nSPS) is 10.8. The summed E-state index contributed by atoms with van der Waals surface area (Å²) < 4.78 is 6.06. The maximum absolute atomic E-state index is 5.60. The molecule has 90 valence electrons. The van der Waals surface area contributed by atoms with Crippen LogP contribution in [0.2, 0.25) is 0 Å². The van der Waals surface area contributed by atoms with Crippen molar-refractivity contribution in [3.63, 3.8) is 0 Å². The lowest BCUT2D eigenvalue weighted by atomic mass is 10.2. The van der Waals surface area contributed by atoms with Crippen molar-refractivity contribution in [3.8, 4) is 0 Å². The van der Waals surface area contributed by atoms with Crippen LogP contribution in [0.15, 0.2) is 22.6 Å². The summed E-state index contributed by atoms with van der Waals surface area (Å²) in [5.41, 5.74) is 3.52. The van der Waals surface area contributed by atoms with Crippen LogP contribution in [0.1, 0.15) is 19.5 Å². The van der Waals surface area contributed by atoms with Crippen molar-refractivity contribution < 1.29 is 4.42 Å². The number of nitrogens with zero attached hydrogens (tertiary/aromatic N) is 2. The van der Waals surface area contributed by atoms with E-state index in [1.54, 1.807) is 0 Å². The van der Waals surface area contributed by atoms with E-state index in [9.17, 15) is 0 Å². The Morgan fingerprint density at radius 2 is 2.00 bits per heavy atom. The van der Waals surface area contributed by atoms with Crippen molar-refractivity contribution >= 4 is 29.0 Å². The molecule has 1 heterocycles. The molecule has 0 saturated heterocycles. The smallest absolute Gasteiger partial charge is 0.212 e. The van der Waals surface area contributed by atoms with Gasteiger partial charge >= 0.3 is 0 Å². The van der Waals surface area contributed by atoms with Gasteiger partial charge in [0.25, 0.3) is 0 Å². The largest absolute Gasteiger partial charge is 0.442 e. The van der Waals surface area contributed by atoms with Gasteiger partial charge < -0.3 is 9.32 Å². The van der Waals surface area contributed by atoms with Crippen molar-refractivity contribution in [2.45, 2.75) is 20.8 Å². The van der Waals surface area contributed by atoms with Crippen LogP contribution in [0.5, 0.6) is 0 Å². The van der Waals surface area contributed by atoms with Gasteiger partial charge in [-0.2, -0.15) is 0 Å². The Balaban J connectivity index is 2.57. The highest BCUT2D eigenvalue weighted by Gasteiger charge is 2.06. The van der Waals surface area contributed by atoms with Crippen molar-refractivity contribution in [2.75, 3.05) is 18.0 Å². The Labute approximate surface area is 106 Å². The number of aryl methyl sites for hydroxylation is 1. The summed E-state index contributed by atoms with van der Waals surface area (Å²) in [5.74, 6) is 0. The molecule has 3 nitrogen and oxygen atoms in total. The molecule has 0 unspecified atom stereocenters. The standard InChI is InChI=1S/C13H16N2OS/c1-4-15(5-2)10-6-7-11-12(8-10)16-13(17)9(3)14-11/h6-8H,4-5H2,1-3H3. The Kier molecular flexibility index (Phi) is 3.43. The van der Waals surface area contributed by atoms with Crippen LogP contribution in [0.4, 0.5) is 5.69 Å². The zero-order valence-electron chi connectivity index (χ0n) is 10.4. The number of fused-ring (bicyclic) bond motifs is 1. The summed E-state index contributed by atoms with van der Waals surface area (Å²) in [6.07, 6.45) is 0. The average Bonchev–Trinajstić information content (AvgIpc) is 2.32. The highest BCUT2D eigenvalue weighted by molar-refractivity contribution is 7.71.